The molecule has 0 saturated carbocycles. The van der Waals surface area contributed by atoms with Gasteiger partial charge in [-0.05, 0) is 35.9 Å². The van der Waals surface area contributed by atoms with E-state index in [9.17, 15) is 5.26 Å². The van der Waals surface area contributed by atoms with E-state index in [1.165, 1.54) is 0 Å². The van der Waals surface area contributed by atoms with Gasteiger partial charge >= 0.3 is 0 Å². The Hall–Kier alpha value is -2.48. The van der Waals surface area contributed by atoms with Gasteiger partial charge in [-0.3, -0.25) is 0 Å². The van der Waals surface area contributed by atoms with Gasteiger partial charge in [0.2, 0.25) is 0 Å². The molecule has 0 aromatic heterocycles. The molecule has 0 amide bonds. The van der Waals surface area contributed by atoms with Crippen molar-refractivity contribution in [2.75, 3.05) is 38.3 Å². The van der Waals surface area contributed by atoms with E-state index in [0.717, 1.165) is 48.9 Å². The molecule has 2 aromatic rings. The number of nitriles is 1. The molecule has 0 atom stereocenters. The van der Waals surface area contributed by atoms with Crippen molar-refractivity contribution in [1.82, 2.24) is 0 Å². The van der Waals surface area contributed by atoms with Crippen LogP contribution in [0.3, 0.4) is 0 Å². The van der Waals surface area contributed by atoms with Crippen molar-refractivity contribution in [1.29, 1.82) is 5.26 Å². The van der Waals surface area contributed by atoms with Gasteiger partial charge in [-0.2, -0.15) is 5.26 Å². The summed E-state index contributed by atoms with van der Waals surface area (Å²) in [5.74, 6) is 0.735. The van der Waals surface area contributed by atoms with Crippen LogP contribution in [0.4, 0.5) is 5.69 Å². The first-order chi connectivity index (χ1) is 12.2. The summed E-state index contributed by atoms with van der Waals surface area (Å²) in [5.41, 5.74) is 3.28. The Labute approximate surface area is 152 Å². The maximum absolute atomic E-state index is 9.53. The molecule has 4 nitrogen and oxygen atoms in total. The Bertz CT molecular complexity index is 821. The van der Waals surface area contributed by atoms with Crippen LogP contribution in [0.5, 0.6) is 5.75 Å². The number of hydrogen-bond donors (Lipinski definition) is 0. The van der Waals surface area contributed by atoms with Crippen LogP contribution in [0.1, 0.15) is 11.1 Å². The van der Waals surface area contributed by atoms with Crippen LogP contribution in [0.15, 0.2) is 42.5 Å². The summed E-state index contributed by atoms with van der Waals surface area (Å²) in [6.07, 6.45) is 1.83. The zero-order valence-corrected chi connectivity index (χ0v) is 14.8. The van der Waals surface area contributed by atoms with E-state index in [4.69, 9.17) is 21.1 Å². The van der Waals surface area contributed by atoms with Crippen LogP contribution in [-0.4, -0.2) is 33.4 Å². The summed E-state index contributed by atoms with van der Waals surface area (Å²) in [7, 11) is 1.64. The predicted octanol–water partition coefficient (Wildman–Crippen LogP) is 4.25. The molecule has 0 N–H and O–H groups in total. The number of ether oxygens (including phenoxy) is 2. The fourth-order valence-corrected chi connectivity index (χ4v) is 3.02. The fourth-order valence-electron chi connectivity index (χ4n) is 2.83. The van der Waals surface area contributed by atoms with Crippen LogP contribution in [-0.2, 0) is 4.74 Å². The van der Waals surface area contributed by atoms with Crippen molar-refractivity contribution in [3.8, 4) is 11.8 Å². The standard InChI is InChI=1S/C20H19ClN2O2/c1-24-20-13-19(23-7-9-25-10-8-23)6-5-16(20)11-17(14-22)15-3-2-4-18(21)12-15/h2-6,11-13H,7-10H2,1H3/b17-11+. The van der Waals surface area contributed by atoms with Gasteiger partial charge in [-0.15, -0.1) is 0 Å². The number of hydrogen-bond acceptors (Lipinski definition) is 4. The molecule has 1 heterocycles. The number of methoxy groups -OCH3 is 1. The third-order valence-corrected chi connectivity index (χ3v) is 4.38. The molecule has 2 aromatic carbocycles. The second-order valence-electron chi connectivity index (χ2n) is 5.71. The van der Waals surface area contributed by atoms with Crippen molar-refractivity contribution in [3.63, 3.8) is 0 Å². The maximum Gasteiger partial charge on any atom is 0.128 e. The molecular weight excluding hydrogens is 336 g/mol. The van der Waals surface area contributed by atoms with Crippen molar-refractivity contribution in [2.24, 2.45) is 0 Å². The van der Waals surface area contributed by atoms with E-state index in [-0.39, 0.29) is 0 Å². The smallest absolute Gasteiger partial charge is 0.128 e. The Balaban J connectivity index is 1.94. The van der Waals surface area contributed by atoms with E-state index in [1.54, 1.807) is 19.2 Å². The quantitative estimate of drug-likeness (QED) is 0.608. The van der Waals surface area contributed by atoms with Crippen molar-refractivity contribution >= 4 is 28.9 Å². The molecule has 0 unspecified atom stereocenters. The Morgan fingerprint density at radius 1 is 1.24 bits per heavy atom. The van der Waals surface area contributed by atoms with Crippen LogP contribution < -0.4 is 9.64 Å². The minimum atomic E-state index is 0.542. The highest BCUT2D eigenvalue weighted by Crippen LogP contribution is 2.30. The van der Waals surface area contributed by atoms with Gasteiger partial charge in [-0.25, -0.2) is 0 Å². The third-order valence-electron chi connectivity index (χ3n) is 4.15. The van der Waals surface area contributed by atoms with Gasteiger partial charge in [0.05, 0.1) is 32.0 Å². The van der Waals surface area contributed by atoms with Crippen molar-refractivity contribution < 1.29 is 9.47 Å². The first kappa shape index (κ1) is 17.3. The highest BCUT2D eigenvalue weighted by Gasteiger charge is 2.13. The molecule has 1 fully saturated rings. The lowest BCUT2D eigenvalue weighted by atomic mass is 10.0. The summed E-state index contributed by atoms with van der Waals surface area (Å²) in [6, 6.07) is 15.6. The number of nitrogens with zero attached hydrogens (tertiary/aromatic N) is 2. The highest BCUT2D eigenvalue weighted by molar-refractivity contribution is 6.30. The molecule has 5 heteroatoms. The minimum absolute atomic E-state index is 0.542. The third kappa shape index (κ3) is 4.14. The lowest BCUT2D eigenvalue weighted by Crippen LogP contribution is -2.36. The minimum Gasteiger partial charge on any atom is -0.496 e. The lowest BCUT2D eigenvalue weighted by molar-refractivity contribution is 0.122. The summed E-state index contributed by atoms with van der Waals surface area (Å²) >= 11 is 6.04. The van der Waals surface area contributed by atoms with E-state index in [0.29, 0.717) is 10.6 Å². The molecular formula is C20H19ClN2O2. The normalized spacial score (nSPS) is 14.9. The van der Waals surface area contributed by atoms with E-state index in [2.05, 4.69) is 11.0 Å². The number of benzene rings is 2. The van der Waals surface area contributed by atoms with Crippen LogP contribution in [0.25, 0.3) is 11.6 Å². The highest BCUT2D eigenvalue weighted by atomic mass is 35.5. The van der Waals surface area contributed by atoms with Gasteiger partial charge < -0.3 is 14.4 Å². The predicted molar refractivity (Wildman–Crippen MR) is 101 cm³/mol. The first-order valence-corrected chi connectivity index (χ1v) is 8.47. The molecule has 1 aliphatic rings. The van der Waals surface area contributed by atoms with Gasteiger partial charge in [0.15, 0.2) is 0 Å². The zero-order chi connectivity index (χ0) is 17.6. The number of rotatable bonds is 4. The van der Waals surface area contributed by atoms with Crippen LogP contribution in [0, 0.1) is 11.3 Å². The Morgan fingerprint density at radius 3 is 2.72 bits per heavy atom. The Morgan fingerprint density at radius 2 is 2.04 bits per heavy atom. The molecule has 0 radical (unpaired) electrons. The second kappa shape index (κ2) is 8.06. The summed E-state index contributed by atoms with van der Waals surface area (Å²) in [6.45, 7) is 3.20. The van der Waals surface area contributed by atoms with Gasteiger partial charge in [0.1, 0.15) is 5.75 Å². The molecule has 25 heavy (non-hydrogen) atoms. The van der Waals surface area contributed by atoms with Crippen LogP contribution in [0.2, 0.25) is 5.02 Å². The average Bonchev–Trinajstić information content (AvgIpc) is 2.66. The maximum atomic E-state index is 9.53. The number of morpholine rings is 1. The van der Waals surface area contributed by atoms with E-state index in [1.807, 2.05) is 36.4 Å². The molecule has 0 spiro atoms. The zero-order valence-electron chi connectivity index (χ0n) is 14.0. The molecule has 128 valence electrons. The van der Waals surface area contributed by atoms with E-state index < -0.39 is 0 Å². The number of allylic oxidation sites excluding steroid dienone is 1. The summed E-state index contributed by atoms with van der Waals surface area (Å²) in [4.78, 5) is 2.27. The molecule has 0 aliphatic carbocycles. The fraction of sp³-hybridized carbons (Fsp3) is 0.250. The van der Waals surface area contributed by atoms with E-state index >= 15 is 0 Å². The van der Waals surface area contributed by atoms with Crippen molar-refractivity contribution in [3.05, 3.63) is 58.6 Å². The second-order valence-corrected chi connectivity index (χ2v) is 6.14. The summed E-state index contributed by atoms with van der Waals surface area (Å²) < 4.78 is 10.9. The molecule has 0 bridgehead atoms. The van der Waals surface area contributed by atoms with Gasteiger partial charge in [-0.1, -0.05) is 23.7 Å². The van der Waals surface area contributed by atoms with Gasteiger partial charge in [0.25, 0.3) is 0 Å². The Kier molecular flexibility index (Phi) is 5.60. The molecule has 3 rings (SSSR count). The first-order valence-electron chi connectivity index (χ1n) is 8.10. The number of anilines is 1. The van der Waals surface area contributed by atoms with Crippen LogP contribution >= 0.6 is 11.6 Å². The van der Waals surface area contributed by atoms with Crippen molar-refractivity contribution in [2.45, 2.75) is 0 Å². The average molecular weight is 355 g/mol. The topological polar surface area (TPSA) is 45.5 Å². The number of halogens is 1. The SMILES string of the molecule is COc1cc(N2CCOCC2)ccc1/C=C(\C#N)c1cccc(Cl)c1. The summed E-state index contributed by atoms with van der Waals surface area (Å²) in [5, 5.41) is 10.1. The molecule has 1 aliphatic heterocycles. The van der Waals surface area contributed by atoms with Gasteiger partial charge in [0, 0.05) is 35.4 Å². The molecule has 1 saturated heterocycles. The lowest BCUT2D eigenvalue weighted by Gasteiger charge is -2.29. The monoisotopic (exact) mass is 354 g/mol. The largest absolute Gasteiger partial charge is 0.496 e.